The standard InChI is InChI=1S/3C14H28O2.C8H8O2.In/c3*1-2-3-4-5-6-7-8-9-10-11-12-13-14(15)16;1-7(9)10-8-5-3-2-4-6-8;/h3*2-13H2,1H3,(H,15,16);2-6H,1H3;/q;;;;+3/p-3. The third-order valence-electron chi connectivity index (χ3n) is 9.96. The molecule has 0 saturated carbocycles. The smallest absolute Gasteiger partial charge is 0.550 e. The van der Waals surface area contributed by atoms with Crippen LogP contribution in [0.3, 0.4) is 0 Å². The molecule has 0 aliphatic rings. The van der Waals surface area contributed by atoms with Crippen LogP contribution in [0.15, 0.2) is 30.3 Å². The van der Waals surface area contributed by atoms with Crippen molar-refractivity contribution in [1.29, 1.82) is 0 Å². The van der Waals surface area contributed by atoms with Gasteiger partial charge in [-0.3, -0.25) is 4.79 Å². The number of unbranched alkanes of at least 4 members (excludes halogenated alkanes) is 30. The monoisotopic (exact) mass is 933 g/mol. The van der Waals surface area contributed by atoms with Crippen LogP contribution in [-0.2, 0) is 19.2 Å². The molecule has 0 heterocycles. The van der Waals surface area contributed by atoms with Crippen LogP contribution in [0.25, 0.3) is 0 Å². The molecule has 340 valence electrons. The van der Waals surface area contributed by atoms with Gasteiger partial charge in [-0.15, -0.1) is 0 Å². The molecule has 0 N–H and O–H groups in total. The maximum Gasteiger partial charge on any atom is 3.00 e. The number of para-hydroxylation sites is 1. The fourth-order valence-corrected chi connectivity index (χ4v) is 6.46. The molecule has 0 spiro atoms. The van der Waals surface area contributed by atoms with E-state index in [1.54, 1.807) is 12.1 Å². The molecule has 0 fully saturated rings. The van der Waals surface area contributed by atoms with E-state index in [1.807, 2.05) is 18.2 Å². The Bertz CT molecular complexity index is 918. The number of carboxylic acids is 3. The number of esters is 1. The van der Waals surface area contributed by atoms with Crippen LogP contribution >= 0.6 is 0 Å². The van der Waals surface area contributed by atoms with Crippen LogP contribution in [0.2, 0.25) is 0 Å². The average Bonchev–Trinajstić information content (AvgIpc) is 3.19. The zero-order valence-electron chi connectivity index (χ0n) is 38.7. The Hall–Kier alpha value is -2.03. The van der Waals surface area contributed by atoms with Crippen LogP contribution in [0, 0.1) is 0 Å². The van der Waals surface area contributed by atoms with E-state index >= 15 is 0 Å². The molecule has 0 bridgehead atoms. The summed E-state index contributed by atoms with van der Waals surface area (Å²) in [5, 5.41) is 30.4. The summed E-state index contributed by atoms with van der Waals surface area (Å²) in [6.45, 7) is 8.11. The van der Waals surface area contributed by atoms with Crippen molar-refractivity contribution in [2.75, 3.05) is 0 Å². The third kappa shape index (κ3) is 68.0. The van der Waals surface area contributed by atoms with Gasteiger partial charge < -0.3 is 34.4 Å². The van der Waals surface area contributed by atoms with Crippen molar-refractivity contribution in [2.45, 2.75) is 259 Å². The summed E-state index contributed by atoms with van der Waals surface area (Å²) in [6.07, 6.45) is 42.1. The molecule has 59 heavy (non-hydrogen) atoms. The number of hydrogen-bond donors (Lipinski definition) is 0. The molecule has 9 heteroatoms. The van der Waals surface area contributed by atoms with Gasteiger partial charge in [0.2, 0.25) is 0 Å². The number of rotatable bonds is 37. The van der Waals surface area contributed by atoms with Gasteiger partial charge in [0, 0.05) is 24.8 Å². The van der Waals surface area contributed by atoms with E-state index in [1.165, 1.54) is 180 Å². The molecule has 0 radical (unpaired) electrons. The minimum absolute atomic E-state index is 0. The number of aliphatic carboxylic acids is 3. The topological polar surface area (TPSA) is 147 Å². The summed E-state index contributed by atoms with van der Waals surface area (Å²) in [5.41, 5.74) is 0. The fraction of sp³-hybridized carbons (Fsp3) is 0.800. The molecule has 0 amide bonds. The van der Waals surface area contributed by atoms with Crippen LogP contribution in [0.4, 0.5) is 0 Å². The van der Waals surface area contributed by atoms with Gasteiger partial charge in [-0.25, -0.2) is 0 Å². The first-order valence-corrected chi connectivity index (χ1v) is 23.9. The van der Waals surface area contributed by atoms with Gasteiger partial charge in [0.25, 0.3) is 0 Å². The van der Waals surface area contributed by atoms with Gasteiger partial charge in [0.1, 0.15) is 5.75 Å². The molecule has 1 aromatic rings. The molecule has 0 aliphatic heterocycles. The van der Waals surface area contributed by atoms with E-state index in [4.69, 9.17) is 4.74 Å². The van der Waals surface area contributed by atoms with Crippen molar-refractivity contribution in [1.82, 2.24) is 0 Å². The molecule has 0 unspecified atom stereocenters. The Balaban J connectivity index is -0.000000344. The zero-order chi connectivity index (χ0) is 43.6. The number of carbonyl (C=O) groups excluding carboxylic acids is 4. The minimum Gasteiger partial charge on any atom is -0.550 e. The first-order chi connectivity index (χ1) is 28.1. The Kier molecular flexibility index (Phi) is 60.3. The molecule has 0 saturated heterocycles. The van der Waals surface area contributed by atoms with Crippen LogP contribution in [-0.4, -0.2) is 49.7 Å². The van der Waals surface area contributed by atoms with Crippen LogP contribution in [0.1, 0.15) is 259 Å². The molecule has 1 rings (SSSR count). The summed E-state index contributed by atoms with van der Waals surface area (Å²) in [4.78, 5) is 40.8. The number of ether oxygens (including phenoxy) is 1. The minimum atomic E-state index is -0.907. The Morgan fingerprint density at radius 1 is 0.373 bits per heavy atom. The third-order valence-corrected chi connectivity index (χ3v) is 9.96. The van der Waals surface area contributed by atoms with E-state index in [-0.39, 0.29) is 51.1 Å². The Morgan fingerprint density at radius 3 is 0.763 bits per heavy atom. The number of hydrogen-bond acceptors (Lipinski definition) is 8. The quantitative estimate of drug-likeness (QED) is 0.0364. The largest absolute Gasteiger partial charge is 3.00 e. The van der Waals surface area contributed by atoms with Crippen molar-refractivity contribution < 1.29 is 39.2 Å². The van der Waals surface area contributed by atoms with E-state index in [9.17, 15) is 34.5 Å². The second kappa shape index (κ2) is 56.0. The Morgan fingerprint density at radius 2 is 0.576 bits per heavy atom. The van der Waals surface area contributed by atoms with Crippen molar-refractivity contribution in [3.05, 3.63) is 30.3 Å². The van der Waals surface area contributed by atoms with Gasteiger partial charge in [-0.1, -0.05) is 232 Å². The van der Waals surface area contributed by atoms with E-state index in [0.29, 0.717) is 5.75 Å². The molecular formula is C50H89InO8. The second-order valence-electron chi connectivity index (χ2n) is 15.9. The van der Waals surface area contributed by atoms with Gasteiger partial charge in [-0.05, 0) is 50.7 Å². The SMILES string of the molecule is CC(=O)Oc1ccccc1.CCCCCCCCCCCCCC(=O)[O-].CCCCCCCCCCCCCC(=O)[O-].CCCCCCCCCCCCCC(=O)[O-].[In+3]. The van der Waals surface area contributed by atoms with E-state index in [0.717, 1.165) is 38.5 Å². The molecule has 0 aromatic heterocycles. The molecule has 0 atom stereocenters. The Labute approximate surface area is 382 Å². The molecule has 0 aliphatic carbocycles. The second-order valence-corrected chi connectivity index (χ2v) is 15.9. The van der Waals surface area contributed by atoms with Crippen molar-refractivity contribution in [2.24, 2.45) is 0 Å². The van der Waals surface area contributed by atoms with Crippen LogP contribution < -0.4 is 20.1 Å². The molecule has 1 aromatic carbocycles. The summed E-state index contributed by atoms with van der Waals surface area (Å²) in [5.74, 6) is -2.41. The van der Waals surface area contributed by atoms with Crippen LogP contribution in [0.5, 0.6) is 5.75 Å². The van der Waals surface area contributed by atoms with E-state index < -0.39 is 17.9 Å². The summed E-state index contributed by atoms with van der Waals surface area (Å²) in [7, 11) is 0. The molecule has 8 nitrogen and oxygen atoms in total. The van der Waals surface area contributed by atoms with Crippen molar-refractivity contribution in [3.63, 3.8) is 0 Å². The van der Waals surface area contributed by atoms with Gasteiger partial charge >= 0.3 is 31.8 Å². The van der Waals surface area contributed by atoms with Gasteiger partial charge in [0.15, 0.2) is 0 Å². The zero-order valence-corrected chi connectivity index (χ0v) is 42.0. The first-order valence-electron chi connectivity index (χ1n) is 23.9. The predicted octanol–water partition coefficient (Wildman–Crippen LogP) is 11.5. The fourth-order valence-electron chi connectivity index (χ4n) is 6.46. The number of carboxylic acid groups (broad SMARTS) is 3. The summed E-state index contributed by atoms with van der Waals surface area (Å²) >= 11 is 0. The van der Waals surface area contributed by atoms with Gasteiger partial charge in [0.05, 0.1) is 0 Å². The molecular weight excluding hydrogens is 843 g/mol. The summed E-state index contributed by atoms with van der Waals surface area (Å²) in [6, 6.07) is 8.98. The maximum absolute atomic E-state index is 10.4. The predicted molar refractivity (Wildman–Crippen MR) is 242 cm³/mol. The van der Waals surface area contributed by atoms with E-state index in [2.05, 4.69) is 20.8 Å². The van der Waals surface area contributed by atoms with Crippen molar-refractivity contribution >= 4 is 49.7 Å². The normalized spacial score (nSPS) is 10.1. The number of carbonyl (C=O) groups is 4. The van der Waals surface area contributed by atoms with Crippen molar-refractivity contribution in [3.8, 4) is 5.75 Å². The maximum atomic E-state index is 10.4. The van der Waals surface area contributed by atoms with Gasteiger partial charge in [-0.2, -0.15) is 0 Å². The average molecular weight is 933 g/mol. The number of benzene rings is 1. The first kappa shape index (κ1) is 63.6. The summed E-state index contributed by atoms with van der Waals surface area (Å²) < 4.78 is 4.78.